The van der Waals surface area contributed by atoms with Crippen LogP contribution in [0.5, 0.6) is 0 Å². The Morgan fingerprint density at radius 1 is 1.33 bits per heavy atom. The molecule has 1 N–H and O–H groups in total. The number of H-pyrrole nitrogens is 1. The number of ether oxygens (including phenoxy) is 2. The molecule has 3 heterocycles. The van der Waals surface area contributed by atoms with Crippen molar-refractivity contribution in [3.63, 3.8) is 0 Å². The minimum Gasteiger partial charge on any atom is -0.465 e. The van der Waals surface area contributed by atoms with Gasteiger partial charge in [0.25, 0.3) is 5.91 Å². The summed E-state index contributed by atoms with van der Waals surface area (Å²) in [6, 6.07) is 6.46. The van der Waals surface area contributed by atoms with Crippen molar-refractivity contribution in [3.05, 3.63) is 63.5 Å². The number of hydrogen-bond donors (Lipinski definition) is 1. The molecule has 2 aromatic heterocycles. The lowest BCUT2D eigenvalue weighted by Gasteiger charge is -2.35. The van der Waals surface area contributed by atoms with Crippen molar-refractivity contribution >= 4 is 46.0 Å². The van der Waals surface area contributed by atoms with E-state index in [9.17, 15) is 9.59 Å². The summed E-state index contributed by atoms with van der Waals surface area (Å²) in [4.78, 5) is 34.1. The topological polar surface area (TPSA) is 84.5 Å². The van der Waals surface area contributed by atoms with E-state index in [0.717, 1.165) is 10.9 Å². The summed E-state index contributed by atoms with van der Waals surface area (Å²) in [7, 11) is 1.33. The second kappa shape index (κ2) is 8.63. The number of carbonyl (C=O) groups is 2. The smallest absolute Gasteiger partial charge is 0.340 e. The Labute approximate surface area is 182 Å². The highest BCUT2D eigenvalue weighted by Gasteiger charge is 2.29. The average molecular weight is 448 g/mol. The molecule has 1 fully saturated rings. The van der Waals surface area contributed by atoms with Crippen molar-refractivity contribution in [2.45, 2.75) is 12.5 Å². The van der Waals surface area contributed by atoms with Crippen LogP contribution in [-0.2, 0) is 15.9 Å². The van der Waals surface area contributed by atoms with Gasteiger partial charge in [0.05, 0.1) is 43.0 Å². The van der Waals surface area contributed by atoms with Crippen LogP contribution in [-0.4, -0.2) is 59.7 Å². The van der Waals surface area contributed by atoms with E-state index in [1.165, 1.54) is 13.3 Å². The summed E-state index contributed by atoms with van der Waals surface area (Å²) in [6.45, 7) is 1.35. The fourth-order valence-corrected chi connectivity index (χ4v) is 4.04. The normalized spacial score (nSPS) is 16.6. The zero-order valence-corrected chi connectivity index (χ0v) is 17.7. The number of nitrogens with zero attached hydrogens (tertiary/aromatic N) is 2. The molecule has 1 aromatic carbocycles. The van der Waals surface area contributed by atoms with Gasteiger partial charge < -0.3 is 19.4 Å². The van der Waals surface area contributed by atoms with Crippen LogP contribution < -0.4 is 0 Å². The van der Waals surface area contributed by atoms with E-state index < -0.39 is 5.97 Å². The Bertz CT molecular complexity index is 1100. The highest BCUT2D eigenvalue weighted by molar-refractivity contribution is 6.32. The molecule has 0 spiro atoms. The van der Waals surface area contributed by atoms with Crippen LogP contribution in [0.4, 0.5) is 0 Å². The molecule has 0 saturated carbocycles. The second-order valence-electron chi connectivity index (χ2n) is 6.98. The molecule has 0 bridgehead atoms. The first-order valence-corrected chi connectivity index (χ1v) is 10.1. The molecule has 1 aliphatic rings. The van der Waals surface area contributed by atoms with Crippen LogP contribution in [0.3, 0.4) is 0 Å². The number of benzene rings is 1. The maximum absolute atomic E-state index is 13.0. The minimum absolute atomic E-state index is 0.124. The maximum atomic E-state index is 13.0. The first-order chi connectivity index (χ1) is 14.5. The number of esters is 1. The predicted molar refractivity (Wildman–Crippen MR) is 113 cm³/mol. The zero-order valence-electron chi connectivity index (χ0n) is 16.2. The molecule has 0 unspecified atom stereocenters. The molecule has 1 saturated heterocycles. The SMILES string of the molecule is COC(=O)c1cc(Cl)cc2c(C[C@H]3COCCN3C(=O)c3ccc(Cl)nc3)c[nH]c12. The Morgan fingerprint density at radius 3 is 2.90 bits per heavy atom. The first kappa shape index (κ1) is 20.7. The van der Waals surface area contributed by atoms with Gasteiger partial charge in [-0.05, 0) is 36.2 Å². The second-order valence-corrected chi connectivity index (χ2v) is 7.81. The highest BCUT2D eigenvalue weighted by Crippen LogP contribution is 2.29. The van der Waals surface area contributed by atoms with Gasteiger partial charge in [-0.3, -0.25) is 4.79 Å². The van der Waals surface area contributed by atoms with Crippen LogP contribution in [0.15, 0.2) is 36.7 Å². The minimum atomic E-state index is -0.469. The lowest BCUT2D eigenvalue weighted by Crippen LogP contribution is -2.49. The van der Waals surface area contributed by atoms with Crippen LogP contribution in [0.1, 0.15) is 26.3 Å². The molecule has 1 atom stereocenters. The molecule has 0 radical (unpaired) electrons. The van der Waals surface area contributed by atoms with E-state index in [1.807, 2.05) is 6.20 Å². The molecule has 1 aliphatic heterocycles. The number of aromatic nitrogens is 2. The summed E-state index contributed by atoms with van der Waals surface area (Å²) in [6.07, 6.45) is 3.84. The van der Waals surface area contributed by atoms with Crippen molar-refractivity contribution in [3.8, 4) is 0 Å². The number of aromatic amines is 1. The molecule has 9 heteroatoms. The van der Waals surface area contributed by atoms with Crippen molar-refractivity contribution in [1.82, 2.24) is 14.9 Å². The number of methoxy groups -OCH3 is 1. The highest BCUT2D eigenvalue weighted by atomic mass is 35.5. The fraction of sp³-hybridized carbons (Fsp3) is 0.286. The van der Waals surface area contributed by atoms with Gasteiger partial charge in [-0.1, -0.05) is 23.2 Å². The van der Waals surface area contributed by atoms with Crippen molar-refractivity contribution < 1.29 is 19.1 Å². The van der Waals surface area contributed by atoms with Crippen LogP contribution >= 0.6 is 23.2 Å². The summed E-state index contributed by atoms with van der Waals surface area (Å²) in [5.41, 5.74) is 2.42. The van der Waals surface area contributed by atoms with Gasteiger partial charge in [0.1, 0.15) is 5.15 Å². The van der Waals surface area contributed by atoms with E-state index in [4.69, 9.17) is 32.7 Å². The zero-order chi connectivity index (χ0) is 21.3. The van der Waals surface area contributed by atoms with Gasteiger partial charge >= 0.3 is 5.97 Å². The Hall–Kier alpha value is -2.61. The maximum Gasteiger partial charge on any atom is 0.340 e. The lowest BCUT2D eigenvalue weighted by molar-refractivity contribution is -0.00157. The average Bonchev–Trinajstić information content (AvgIpc) is 3.15. The molecular weight excluding hydrogens is 429 g/mol. The molecule has 0 aliphatic carbocycles. The lowest BCUT2D eigenvalue weighted by atomic mass is 10.0. The number of pyridine rings is 1. The van der Waals surface area contributed by atoms with E-state index in [1.54, 1.807) is 29.2 Å². The third-order valence-corrected chi connectivity index (χ3v) is 5.61. The third-order valence-electron chi connectivity index (χ3n) is 5.16. The number of hydrogen-bond acceptors (Lipinski definition) is 5. The van der Waals surface area contributed by atoms with Gasteiger partial charge in [0.15, 0.2) is 0 Å². The largest absolute Gasteiger partial charge is 0.465 e. The molecule has 4 rings (SSSR count). The number of halogens is 2. The number of rotatable bonds is 4. The van der Waals surface area contributed by atoms with E-state index >= 15 is 0 Å². The Kier molecular flexibility index (Phi) is 5.94. The first-order valence-electron chi connectivity index (χ1n) is 9.36. The van der Waals surface area contributed by atoms with Gasteiger partial charge in [0, 0.05) is 29.3 Å². The van der Waals surface area contributed by atoms with Gasteiger partial charge in [-0.25, -0.2) is 9.78 Å². The monoisotopic (exact) mass is 447 g/mol. The van der Waals surface area contributed by atoms with E-state index in [2.05, 4.69) is 9.97 Å². The number of nitrogens with one attached hydrogen (secondary N) is 1. The van der Waals surface area contributed by atoms with Crippen molar-refractivity contribution in [2.24, 2.45) is 0 Å². The van der Waals surface area contributed by atoms with Crippen LogP contribution in [0.25, 0.3) is 10.9 Å². The summed E-state index contributed by atoms with van der Waals surface area (Å²) < 4.78 is 10.5. The Morgan fingerprint density at radius 2 is 2.17 bits per heavy atom. The van der Waals surface area contributed by atoms with Gasteiger partial charge in [-0.15, -0.1) is 0 Å². The molecule has 1 amide bonds. The molecule has 3 aromatic rings. The summed E-state index contributed by atoms with van der Waals surface area (Å²) in [5.74, 6) is -0.593. The molecular formula is C21H19Cl2N3O4. The molecule has 7 nitrogen and oxygen atoms in total. The molecule has 30 heavy (non-hydrogen) atoms. The quantitative estimate of drug-likeness (QED) is 0.486. The number of amides is 1. The van der Waals surface area contributed by atoms with Gasteiger partial charge in [-0.2, -0.15) is 0 Å². The van der Waals surface area contributed by atoms with Crippen LogP contribution in [0.2, 0.25) is 10.2 Å². The summed E-state index contributed by atoms with van der Waals surface area (Å²) in [5, 5.41) is 1.58. The number of carbonyl (C=O) groups excluding carboxylic acids is 2. The standard InChI is InChI=1S/C21H19Cl2N3O4/c1-29-21(28)17-8-14(22)7-16-13(10-25-19(16)17)6-15-11-30-5-4-26(15)20(27)12-2-3-18(23)24-9-12/h2-3,7-10,15,25H,4-6,11H2,1H3/t15-/m0/s1. The fourth-order valence-electron chi connectivity index (χ4n) is 3.71. The predicted octanol–water partition coefficient (Wildman–Crippen LogP) is 3.74. The Balaban J connectivity index is 1.64. The third kappa shape index (κ3) is 4.01. The van der Waals surface area contributed by atoms with Crippen LogP contribution in [0, 0.1) is 0 Å². The van der Waals surface area contributed by atoms with Gasteiger partial charge in [0.2, 0.25) is 0 Å². The molecule has 156 valence electrons. The summed E-state index contributed by atoms with van der Waals surface area (Å²) >= 11 is 12.1. The van der Waals surface area contributed by atoms with Crippen molar-refractivity contribution in [2.75, 3.05) is 26.9 Å². The number of fused-ring (bicyclic) bond motifs is 1. The van der Waals surface area contributed by atoms with E-state index in [-0.39, 0.29) is 11.9 Å². The number of morpholine rings is 1. The van der Waals surface area contributed by atoms with E-state index in [0.29, 0.717) is 53.0 Å². The van der Waals surface area contributed by atoms with Crippen molar-refractivity contribution in [1.29, 1.82) is 0 Å².